The minimum absolute atomic E-state index is 0.578. The summed E-state index contributed by atoms with van der Waals surface area (Å²) in [4.78, 5) is 0. The van der Waals surface area contributed by atoms with Gasteiger partial charge in [-0.1, -0.05) is 38.5 Å². The first kappa shape index (κ1) is 12.0. The van der Waals surface area contributed by atoms with Gasteiger partial charge in [-0.3, -0.25) is 0 Å². The van der Waals surface area contributed by atoms with Gasteiger partial charge in [-0.05, 0) is 43.4 Å². The van der Waals surface area contributed by atoms with Crippen molar-refractivity contribution < 1.29 is 0 Å². The lowest BCUT2D eigenvalue weighted by atomic mass is 9.60. The number of hydrogen-bond acceptors (Lipinski definition) is 1. The molecule has 0 N–H and O–H groups in total. The molecule has 0 amide bonds. The smallest absolute Gasteiger partial charge is 0.0621 e. The third-order valence-electron chi connectivity index (χ3n) is 5.06. The Morgan fingerprint density at radius 3 is 2.19 bits per heavy atom. The Morgan fingerprint density at radius 2 is 1.56 bits per heavy atom. The van der Waals surface area contributed by atoms with Gasteiger partial charge in [-0.15, -0.1) is 0 Å². The Hall–Kier alpha value is -0.510. The molecule has 2 aliphatic rings. The first-order valence-electron chi connectivity index (χ1n) is 7.24. The van der Waals surface area contributed by atoms with Gasteiger partial charge in [0.05, 0.1) is 6.07 Å². The fraction of sp³-hybridized carbons (Fsp3) is 0.933. The lowest BCUT2D eigenvalue weighted by molar-refractivity contribution is 0.0590. The molecule has 0 atom stereocenters. The number of rotatable bonds is 3. The van der Waals surface area contributed by atoms with E-state index in [9.17, 15) is 0 Å². The van der Waals surface area contributed by atoms with E-state index >= 15 is 0 Å². The Bertz CT molecular complexity index is 239. The molecule has 0 unspecified atom stereocenters. The first-order chi connectivity index (χ1) is 7.87. The maximum Gasteiger partial charge on any atom is 0.0621 e. The van der Waals surface area contributed by atoms with Crippen LogP contribution in [-0.4, -0.2) is 0 Å². The molecule has 0 heterocycles. The van der Waals surface area contributed by atoms with Gasteiger partial charge in [0.25, 0.3) is 0 Å². The van der Waals surface area contributed by atoms with Crippen LogP contribution in [0.4, 0.5) is 0 Å². The fourth-order valence-electron chi connectivity index (χ4n) is 4.14. The van der Waals surface area contributed by atoms with E-state index in [0.717, 1.165) is 12.3 Å². The third-order valence-corrected chi connectivity index (χ3v) is 5.06. The van der Waals surface area contributed by atoms with Crippen LogP contribution >= 0.6 is 0 Å². The van der Waals surface area contributed by atoms with Gasteiger partial charge in [0.2, 0.25) is 0 Å². The summed E-state index contributed by atoms with van der Waals surface area (Å²) in [6, 6.07) is 2.38. The maximum atomic E-state index is 8.86. The van der Waals surface area contributed by atoms with Gasteiger partial charge in [0.15, 0.2) is 0 Å². The summed E-state index contributed by atoms with van der Waals surface area (Å²) in [7, 11) is 0. The molecule has 0 aromatic rings. The van der Waals surface area contributed by atoms with Crippen molar-refractivity contribution in [1.82, 2.24) is 0 Å². The Morgan fingerprint density at radius 1 is 0.938 bits per heavy atom. The van der Waals surface area contributed by atoms with E-state index in [1.54, 1.807) is 0 Å². The average molecular weight is 219 g/mol. The van der Waals surface area contributed by atoms with Crippen LogP contribution in [0.2, 0.25) is 0 Å². The SMILES string of the molecule is N#CCCC1(C2CCCCC2)CCCCC1. The van der Waals surface area contributed by atoms with Crippen LogP contribution in [0, 0.1) is 22.7 Å². The zero-order chi connectivity index (χ0) is 11.3. The van der Waals surface area contributed by atoms with Crippen molar-refractivity contribution in [3.8, 4) is 6.07 Å². The van der Waals surface area contributed by atoms with Crippen LogP contribution in [0.5, 0.6) is 0 Å². The summed E-state index contributed by atoms with van der Waals surface area (Å²) in [6.45, 7) is 0. The summed E-state index contributed by atoms with van der Waals surface area (Å²) in [5.74, 6) is 0.954. The predicted octanol–water partition coefficient (Wildman–Crippen LogP) is 4.82. The quantitative estimate of drug-likeness (QED) is 0.667. The van der Waals surface area contributed by atoms with E-state index in [2.05, 4.69) is 6.07 Å². The lowest BCUT2D eigenvalue weighted by Crippen LogP contribution is -2.34. The van der Waals surface area contributed by atoms with Gasteiger partial charge >= 0.3 is 0 Å². The zero-order valence-corrected chi connectivity index (χ0v) is 10.5. The van der Waals surface area contributed by atoms with E-state index in [1.165, 1.54) is 70.6 Å². The molecule has 2 fully saturated rings. The molecule has 0 bridgehead atoms. The largest absolute Gasteiger partial charge is 0.198 e. The van der Waals surface area contributed by atoms with Crippen molar-refractivity contribution >= 4 is 0 Å². The van der Waals surface area contributed by atoms with Crippen molar-refractivity contribution in [3.63, 3.8) is 0 Å². The van der Waals surface area contributed by atoms with Crippen LogP contribution in [0.15, 0.2) is 0 Å². The zero-order valence-electron chi connectivity index (χ0n) is 10.5. The standard InChI is InChI=1S/C15H25N/c16-13-7-12-15(10-5-2-6-11-15)14-8-3-1-4-9-14/h14H,1-12H2. The highest BCUT2D eigenvalue weighted by Crippen LogP contribution is 2.50. The molecular weight excluding hydrogens is 194 g/mol. The van der Waals surface area contributed by atoms with E-state index in [-0.39, 0.29) is 0 Å². The number of hydrogen-bond donors (Lipinski definition) is 0. The number of nitriles is 1. The molecule has 0 saturated heterocycles. The second kappa shape index (κ2) is 5.71. The summed E-state index contributed by atoms with van der Waals surface area (Å²) in [5.41, 5.74) is 0.578. The normalized spacial score (nSPS) is 26.2. The highest BCUT2D eigenvalue weighted by Gasteiger charge is 2.39. The molecule has 2 rings (SSSR count). The third kappa shape index (κ3) is 2.59. The Kier molecular flexibility index (Phi) is 4.27. The van der Waals surface area contributed by atoms with Crippen LogP contribution in [0.25, 0.3) is 0 Å². The number of nitrogens with zero attached hydrogens (tertiary/aromatic N) is 1. The van der Waals surface area contributed by atoms with Crippen LogP contribution < -0.4 is 0 Å². The van der Waals surface area contributed by atoms with Crippen LogP contribution in [0.1, 0.15) is 77.0 Å². The fourth-order valence-corrected chi connectivity index (χ4v) is 4.14. The van der Waals surface area contributed by atoms with E-state index in [0.29, 0.717) is 5.41 Å². The molecule has 2 saturated carbocycles. The highest BCUT2D eigenvalue weighted by molar-refractivity contribution is 4.92. The molecule has 0 spiro atoms. The van der Waals surface area contributed by atoms with Crippen molar-refractivity contribution in [2.24, 2.45) is 11.3 Å². The molecule has 16 heavy (non-hydrogen) atoms. The topological polar surface area (TPSA) is 23.8 Å². The van der Waals surface area contributed by atoms with Crippen molar-refractivity contribution in [1.29, 1.82) is 5.26 Å². The summed E-state index contributed by atoms with van der Waals surface area (Å²) in [6.07, 6.45) is 16.3. The Labute approximate surface area is 100 Å². The molecule has 1 nitrogen and oxygen atoms in total. The van der Waals surface area contributed by atoms with E-state index in [4.69, 9.17) is 5.26 Å². The molecule has 1 heteroatoms. The summed E-state index contributed by atoms with van der Waals surface area (Å²) in [5, 5.41) is 8.86. The lowest BCUT2D eigenvalue weighted by Gasteiger charge is -2.45. The molecule has 0 aromatic carbocycles. The minimum Gasteiger partial charge on any atom is -0.198 e. The average Bonchev–Trinajstić information content (AvgIpc) is 2.38. The van der Waals surface area contributed by atoms with Crippen LogP contribution in [-0.2, 0) is 0 Å². The molecule has 90 valence electrons. The minimum atomic E-state index is 0.578. The summed E-state index contributed by atoms with van der Waals surface area (Å²) < 4.78 is 0. The van der Waals surface area contributed by atoms with Gasteiger partial charge in [0.1, 0.15) is 0 Å². The molecule has 2 aliphatic carbocycles. The first-order valence-corrected chi connectivity index (χ1v) is 7.24. The van der Waals surface area contributed by atoms with Crippen molar-refractivity contribution in [3.05, 3.63) is 0 Å². The second-order valence-corrected chi connectivity index (χ2v) is 5.92. The molecule has 0 aromatic heterocycles. The Balaban J connectivity index is 2.02. The molecule has 0 radical (unpaired) electrons. The maximum absolute atomic E-state index is 8.86. The van der Waals surface area contributed by atoms with Crippen LogP contribution in [0.3, 0.4) is 0 Å². The van der Waals surface area contributed by atoms with Gasteiger partial charge in [0, 0.05) is 6.42 Å². The van der Waals surface area contributed by atoms with Crippen molar-refractivity contribution in [2.45, 2.75) is 77.0 Å². The van der Waals surface area contributed by atoms with Gasteiger partial charge < -0.3 is 0 Å². The highest BCUT2D eigenvalue weighted by atomic mass is 14.4. The monoisotopic (exact) mass is 219 g/mol. The second-order valence-electron chi connectivity index (χ2n) is 5.92. The van der Waals surface area contributed by atoms with Gasteiger partial charge in [-0.25, -0.2) is 0 Å². The van der Waals surface area contributed by atoms with Crippen molar-refractivity contribution in [2.75, 3.05) is 0 Å². The van der Waals surface area contributed by atoms with Gasteiger partial charge in [-0.2, -0.15) is 5.26 Å². The molecule has 0 aliphatic heterocycles. The van der Waals surface area contributed by atoms with E-state index in [1.807, 2.05) is 0 Å². The molecular formula is C15H25N. The van der Waals surface area contributed by atoms with E-state index < -0.39 is 0 Å². The predicted molar refractivity (Wildman–Crippen MR) is 66.9 cm³/mol. The summed E-state index contributed by atoms with van der Waals surface area (Å²) >= 11 is 0.